The largest absolute Gasteiger partial charge is 0.368 e. The second-order valence-electron chi connectivity index (χ2n) is 4.14. The van der Waals surface area contributed by atoms with E-state index in [1.54, 1.807) is 13.8 Å². The van der Waals surface area contributed by atoms with Crippen LogP contribution in [0.15, 0.2) is 21.2 Å². The van der Waals surface area contributed by atoms with E-state index in [0.717, 1.165) is 0 Å². The molecule has 2 heterocycles. The molecule has 8 nitrogen and oxygen atoms in total. The Kier molecular flexibility index (Phi) is 2.85. The quantitative estimate of drug-likeness (QED) is 0.716. The second kappa shape index (κ2) is 4.23. The molecule has 0 bridgehead atoms. The summed E-state index contributed by atoms with van der Waals surface area (Å²) in [5.41, 5.74) is 9.57. The van der Waals surface area contributed by atoms with Gasteiger partial charge in [-0.25, -0.2) is 0 Å². The van der Waals surface area contributed by atoms with E-state index < -0.39 is 17.2 Å². The van der Waals surface area contributed by atoms with Gasteiger partial charge in [0.2, 0.25) is 17.2 Å². The van der Waals surface area contributed by atoms with E-state index in [9.17, 15) is 9.59 Å². The molecule has 0 aliphatic carbocycles. The monoisotopic (exact) mass is 264 g/mol. The molecule has 0 radical (unpaired) electrons. The summed E-state index contributed by atoms with van der Waals surface area (Å²) in [6.45, 7) is 3.26. The summed E-state index contributed by atoms with van der Waals surface area (Å²) in [4.78, 5) is 23.7. The average Bonchev–Trinajstić information content (AvgIpc) is 2.89. The van der Waals surface area contributed by atoms with Crippen molar-refractivity contribution < 1.29 is 18.6 Å². The van der Waals surface area contributed by atoms with Gasteiger partial charge in [0.25, 0.3) is 0 Å². The average molecular weight is 264 g/mol. The van der Waals surface area contributed by atoms with Crippen molar-refractivity contribution in [2.75, 3.05) is 0 Å². The number of primary amides is 2. The number of hydrogen-bond donors (Lipinski definition) is 2. The molecule has 19 heavy (non-hydrogen) atoms. The molecule has 0 spiro atoms. The Bertz CT molecular complexity index is 586. The number of rotatable bonds is 4. The fraction of sp³-hybridized carbons (Fsp3) is 0.273. The van der Waals surface area contributed by atoms with Crippen LogP contribution in [-0.4, -0.2) is 22.1 Å². The van der Waals surface area contributed by atoms with Gasteiger partial charge in [0.15, 0.2) is 11.5 Å². The van der Waals surface area contributed by atoms with Gasteiger partial charge in [-0.2, -0.15) is 0 Å². The lowest BCUT2D eigenvalue weighted by molar-refractivity contribution is -0.133. The van der Waals surface area contributed by atoms with Gasteiger partial charge in [-0.1, -0.05) is 10.3 Å². The summed E-state index contributed by atoms with van der Waals surface area (Å²) in [6, 6.07) is 2.79. The first-order valence-electron chi connectivity index (χ1n) is 5.36. The van der Waals surface area contributed by atoms with Crippen LogP contribution in [0.1, 0.15) is 22.9 Å². The lowest BCUT2D eigenvalue weighted by Gasteiger charge is -2.20. The van der Waals surface area contributed by atoms with Gasteiger partial charge in [0, 0.05) is 12.1 Å². The van der Waals surface area contributed by atoms with Crippen LogP contribution in [0.5, 0.6) is 0 Å². The van der Waals surface area contributed by atoms with Crippen LogP contribution in [0.4, 0.5) is 0 Å². The highest BCUT2D eigenvalue weighted by atomic mass is 16.5. The van der Waals surface area contributed by atoms with Crippen molar-refractivity contribution in [3.05, 3.63) is 35.0 Å². The standard InChI is InChI=1S/C11H12N4O4/c1-5-3-7(18-14-5)11(9(12)16,10(13)17)8-4-6(2)15-19-8/h3-4H,1-2H3,(H2,12,16)(H2,13,17). The maximum atomic E-state index is 11.8. The Labute approximate surface area is 107 Å². The summed E-state index contributed by atoms with van der Waals surface area (Å²) in [6.07, 6.45) is 0. The maximum Gasteiger partial charge on any atom is 0.249 e. The molecule has 0 aliphatic rings. The predicted molar refractivity (Wildman–Crippen MR) is 61.6 cm³/mol. The maximum absolute atomic E-state index is 11.8. The Morgan fingerprint density at radius 2 is 1.37 bits per heavy atom. The number of hydrogen-bond acceptors (Lipinski definition) is 6. The molecule has 2 amide bonds. The van der Waals surface area contributed by atoms with Crippen molar-refractivity contribution in [3.63, 3.8) is 0 Å². The zero-order valence-corrected chi connectivity index (χ0v) is 10.3. The van der Waals surface area contributed by atoms with Crippen molar-refractivity contribution >= 4 is 11.8 Å². The summed E-state index contributed by atoms with van der Waals surface area (Å²) >= 11 is 0. The lowest BCUT2D eigenvalue weighted by Crippen LogP contribution is -2.52. The van der Waals surface area contributed by atoms with E-state index in [-0.39, 0.29) is 11.5 Å². The highest BCUT2D eigenvalue weighted by Gasteiger charge is 2.53. The molecule has 0 aromatic carbocycles. The van der Waals surface area contributed by atoms with E-state index in [1.165, 1.54) is 12.1 Å². The number of carbonyl (C=O) groups excluding carboxylic acids is 2. The first-order chi connectivity index (χ1) is 8.88. The summed E-state index contributed by atoms with van der Waals surface area (Å²) in [7, 11) is 0. The summed E-state index contributed by atoms with van der Waals surface area (Å²) in [5.74, 6) is -2.23. The lowest BCUT2D eigenvalue weighted by atomic mass is 9.80. The normalized spacial score (nSPS) is 11.5. The van der Waals surface area contributed by atoms with Crippen LogP contribution < -0.4 is 11.5 Å². The fourth-order valence-corrected chi connectivity index (χ4v) is 1.81. The van der Waals surface area contributed by atoms with Gasteiger partial charge in [-0.3, -0.25) is 9.59 Å². The van der Waals surface area contributed by atoms with E-state index in [1.807, 2.05) is 0 Å². The molecule has 2 aromatic rings. The van der Waals surface area contributed by atoms with Crippen LogP contribution in [0.25, 0.3) is 0 Å². The van der Waals surface area contributed by atoms with Crippen molar-refractivity contribution in [1.82, 2.24) is 10.3 Å². The second-order valence-corrected chi connectivity index (χ2v) is 4.14. The third kappa shape index (κ3) is 1.77. The van der Waals surface area contributed by atoms with Gasteiger partial charge in [0.1, 0.15) is 0 Å². The zero-order valence-electron chi connectivity index (χ0n) is 10.3. The van der Waals surface area contributed by atoms with Crippen molar-refractivity contribution in [3.8, 4) is 0 Å². The Morgan fingerprint density at radius 3 is 1.58 bits per heavy atom. The Hall–Kier alpha value is -2.64. The molecule has 0 fully saturated rings. The van der Waals surface area contributed by atoms with E-state index >= 15 is 0 Å². The van der Waals surface area contributed by atoms with Gasteiger partial charge in [-0.05, 0) is 13.8 Å². The molecule has 0 atom stereocenters. The van der Waals surface area contributed by atoms with E-state index in [2.05, 4.69) is 10.3 Å². The molecule has 100 valence electrons. The SMILES string of the molecule is Cc1cc(C(C(N)=O)(C(N)=O)c2cc(C)no2)on1. The molecule has 2 aromatic heterocycles. The minimum Gasteiger partial charge on any atom is -0.368 e. The van der Waals surface area contributed by atoms with Crippen LogP contribution >= 0.6 is 0 Å². The van der Waals surface area contributed by atoms with Crippen LogP contribution in [0.3, 0.4) is 0 Å². The molecule has 0 aliphatic heterocycles. The van der Waals surface area contributed by atoms with Crippen LogP contribution in [0, 0.1) is 13.8 Å². The minimum absolute atomic E-state index is 0.0962. The predicted octanol–water partition coefficient (Wildman–Crippen LogP) is -0.464. The van der Waals surface area contributed by atoms with E-state index in [4.69, 9.17) is 20.5 Å². The fourth-order valence-electron chi connectivity index (χ4n) is 1.81. The van der Waals surface area contributed by atoms with E-state index in [0.29, 0.717) is 11.4 Å². The molecule has 0 saturated heterocycles. The van der Waals surface area contributed by atoms with Crippen molar-refractivity contribution in [2.24, 2.45) is 11.5 Å². The number of nitrogens with two attached hydrogens (primary N) is 2. The van der Waals surface area contributed by atoms with Crippen molar-refractivity contribution in [2.45, 2.75) is 19.3 Å². The van der Waals surface area contributed by atoms with Gasteiger partial charge in [0.05, 0.1) is 11.4 Å². The molecule has 4 N–H and O–H groups in total. The van der Waals surface area contributed by atoms with Crippen LogP contribution in [0.2, 0.25) is 0 Å². The van der Waals surface area contributed by atoms with Crippen LogP contribution in [-0.2, 0) is 15.0 Å². The molecule has 0 saturated carbocycles. The van der Waals surface area contributed by atoms with Gasteiger partial charge >= 0.3 is 0 Å². The molecular formula is C11H12N4O4. The first-order valence-corrected chi connectivity index (χ1v) is 5.36. The number of nitrogens with zero attached hydrogens (tertiary/aromatic N) is 2. The topological polar surface area (TPSA) is 138 Å². The third-order valence-electron chi connectivity index (χ3n) is 2.73. The third-order valence-corrected chi connectivity index (χ3v) is 2.73. The zero-order chi connectivity index (χ0) is 14.2. The Balaban J connectivity index is 2.75. The molecule has 8 heteroatoms. The van der Waals surface area contributed by atoms with Gasteiger partial charge in [-0.15, -0.1) is 0 Å². The highest BCUT2D eigenvalue weighted by molar-refractivity contribution is 6.12. The minimum atomic E-state index is -2.05. The number of carbonyl (C=O) groups is 2. The number of amides is 2. The molecule has 0 unspecified atom stereocenters. The number of aryl methyl sites for hydroxylation is 2. The number of aromatic nitrogens is 2. The summed E-state index contributed by atoms with van der Waals surface area (Å²) in [5, 5.41) is 7.25. The molecular weight excluding hydrogens is 252 g/mol. The van der Waals surface area contributed by atoms with Crippen molar-refractivity contribution in [1.29, 1.82) is 0 Å². The Morgan fingerprint density at radius 1 is 1.00 bits per heavy atom. The smallest absolute Gasteiger partial charge is 0.249 e. The van der Waals surface area contributed by atoms with Gasteiger partial charge < -0.3 is 20.5 Å². The summed E-state index contributed by atoms with van der Waals surface area (Å²) < 4.78 is 9.95. The first kappa shape index (κ1) is 12.8. The highest BCUT2D eigenvalue weighted by Crippen LogP contribution is 2.33. The molecule has 2 rings (SSSR count).